The number of ether oxygens (including phenoxy) is 2. The first kappa shape index (κ1) is 12.3. The number of halogens is 1. The summed E-state index contributed by atoms with van der Waals surface area (Å²) in [5.41, 5.74) is 0. The van der Waals surface area contributed by atoms with E-state index in [4.69, 9.17) is 9.47 Å². The molecule has 12 heavy (non-hydrogen) atoms. The van der Waals surface area contributed by atoms with Gasteiger partial charge in [0.2, 0.25) is 0 Å². The molecule has 0 aromatic rings. The van der Waals surface area contributed by atoms with Gasteiger partial charge in [-0.15, -0.1) is 0 Å². The van der Waals surface area contributed by atoms with Crippen molar-refractivity contribution in [1.82, 2.24) is 0 Å². The van der Waals surface area contributed by atoms with E-state index in [1.54, 1.807) is 0 Å². The monoisotopic (exact) mass is 282 g/mol. The molecule has 0 spiro atoms. The van der Waals surface area contributed by atoms with E-state index in [-0.39, 0.29) is 18.7 Å². The Kier molecular flexibility index (Phi) is 8.11. The van der Waals surface area contributed by atoms with Crippen LogP contribution in [0.3, 0.4) is 0 Å². The van der Waals surface area contributed by atoms with Crippen molar-refractivity contribution in [1.29, 1.82) is 0 Å². The van der Waals surface area contributed by atoms with Gasteiger partial charge in [0.05, 0.1) is 10.7 Å². The summed E-state index contributed by atoms with van der Waals surface area (Å²) in [5, 5.41) is 0. The first-order valence-electron chi connectivity index (χ1n) is 4.07. The fourth-order valence-corrected chi connectivity index (χ4v) is 1.02. The summed E-state index contributed by atoms with van der Waals surface area (Å²) in [6, 6.07) is 0. The number of esters is 1. The van der Waals surface area contributed by atoms with Gasteiger partial charge >= 0.3 is 5.97 Å². The molecule has 0 radical (unpaired) electrons. The predicted octanol–water partition coefficient (Wildman–Crippen LogP) is -0.590. The third-order valence-corrected chi connectivity index (χ3v) is 1.95. The molecule has 0 amide bonds. The lowest BCUT2D eigenvalue weighted by molar-refractivity contribution is -0.151. The molecule has 0 aliphatic heterocycles. The lowest BCUT2D eigenvalue weighted by Gasteiger charge is -2.13. The number of carbonyl (C=O) groups excluding carboxylic acids is 1. The summed E-state index contributed by atoms with van der Waals surface area (Å²) in [4.78, 5) is 11.0. The molecule has 0 rings (SSSR count). The maximum Gasteiger partial charge on any atom is 0.332 e. The molecule has 68 valence electrons. The van der Waals surface area contributed by atoms with E-state index in [1.165, 1.54) is 0 Å². The summed E-state index contributed by atoms with van der Waals surface area (Å²) in [6.45, 7) is 0.0689. The van der Waals surface area contributed by atoms with Gasteiger partial charge in [0.25, 0.3) is 0 Å². The second-order valence-corrected chi connectivity index (χ2v) is 3.01. The molecular weight excluding hydrogens is 269 g/mol. The van der Waals surface area contributed by atoms with Crippen molar-refractivity contribution in [3.63, 3.8) is 0 Å². The third-order valence-electron chi connectivity index (χ3n) is 1.51. The average molecular weight is 282 g/mol. The molecule has 0 aliphatic rings. The van der Waals surface area contributed by atoms with E-state index in [0.717, 1.165) is 12.6 Å². The maximum atomic E-state index is 11.0. The van der Waals surface area contributed by atoms with Crippen LogP contribution in [0.5, 0.6) is 0 Å². The van der Waals surface area contributed by atoms with E-state index >= 15 is 0 Å². The van der Waals surface area contributed by atoms with Crippen LogP contribution in [0.1, 0.15) is 0 Å². The minimum absolute atomic E-state index is 0.0512. The van der Waals surface area contributed by atoms with Crippen molar-refractivity contribution in [3.05, 3.63) is 0 Å². The molecule has 0 aromatic heterocycles. The average Bonchev–Trinajstić information content (AvgIpc) is 2.10. The van der Waals surface area contributed by atoms with Gasteiger partial charge < -0.3 is 9.47 Å². The maximum absolute atomic E-state index is 11.0. The highest BCUT2D eigenvalue weighted by Gasteiger charge is 2.09. The Morgan fingerprint density at radius 3 is 2.42 bits per heavy atom. The Morgan fingerprint density at radius 2 is 2.00 bits per heavy atom. The van der Waals surface area contributed by atoms with Crippen LogP contribution in [0.25, 0.3) is 0 Å². The molecule has 0 aliphatic carbocycles. The molecule has 0 fully saturated rings. The van der Waals surface area contributed by atoms with Crippen molar-refractivity contribution >= 4 is 44.3 Å². The number of hydrogen-bond donors (Lipinski definition) is 0. The first-order valence-corrected chi connectivity index (χ1v) is 5.60. The molecule has 0 bridgehead atoms. The van der Waals surface area contributed by atoms with Crippen LogP contribution >= 0.6 is 22.6 Å². The quantitative estimate of drug-likeness (QED) is 0.283. The third kappa shape index (κ3) is 5.88. The van der Waals surface area contributed by atoms with E-state index in [1.807, 2.05) is 38.3 Å². The van der Waals surface area contributed by atoms with Crippen LogP contribution < -0.4 is 0 Å². The molecule has 6 heteroatoms. The van der Waals surface area contributed by atoms with Crippen LogP contribution in [-0.2, 0) is 14.3 Å². The molecule has 3 nitrogen and oxygen atoms in total. The van der Waals surface area contributed by atoms with Crippen LogP contribution in [0.2, 0.25) is 12.6 Å². The summed E-state index contributed by atoms with van der Waals surface area (Å²) in [6.07, 6.45) is 1.79. The molecule has 0 atom stereocenters. The van der Waals surface area contributed by atoms with Gasteiger partial charge in [-0.05, 0) is 12.6 Å². The van der Waals surface area contributed by atoms with Crippen LogP contribution in [0, 0.1) is 0 Å². The standard InChI is InChI=1S/C6H13B2IO3/c7-1-5(2-8)12-6(10)3-11-4-9/h5H,1-4,7-8H2. The van der Waals surface area contributed by atoms with E-state index in [0.29, 0.717) is 4.61 Å². The SMILES string of the molecule is BCC(CB)OC(=O)COCI. The van der Waals surface area contributed by atoms with Gasteiger partial charge in [0, 0.05) is 0 Å². The second kappa shape index (κ2) is 7.91. The van der Waals surface area contributed by atoms with Gasteiger partial charge in [0.1, 0.15) is 22.3 Å². The van der Waals surface area contributed by atoms with E-state index in [2.05, 4.69) is 0 Å². The van der Waals surface area contributed by atoms with Crippen molar-refractivity contribution in [2.24, 2.45) is 0 Å². The van der Waals surface area contributed by atoms with Crippen molar-refractivity contribution in [2.75, 3.05) is 11.2 Å². The Hall–Kier alpha value is 0.290. The Bertz CT molecular complexity index is 130. The highest BCUT2D eigenvalue weighted by molar-refractivity contribution is 14.1. The minimum Gasteiger partial charge on any atom is -0.462 e. The number of carbonyl (C=O) groups is 1. The van der Waals surface area contributed by atoms with Gasteiger partial charge in [-0.3, -0.25) is 0 Å². The van der Waals surface area contributed by atoms with E-state index < -0.39 is 0 Å². The van der Waals surface area contributed by atoms with Gasteiger partial charge in [0.15, 0.2) is 0 Å². The molecule has 0 saturated carbocycles. The van der Waals surface area contributed by atoms with Crippen LogP contribution in [-0.4, -0.2) is 39.0 Å². The molecule has 0 aromatic carbocycles. The predicted molar refractivity (Wildman–Crippen MR) is 61.4 cm³/mol. The van der Waals surface area contributed by atoms with E-state index in [9.17, 15) is 4.79 Å². The van der Waals surface area contributed by atoms with Crippen molar-refractivity contribution in [2.45, 2.75) is 18.7 Å². The zero-order valence-electron chi connectivity index (χ0n) is 7.51. The second-order valence-electron chi connectivity index (χ2n) is 2.39. The van der Waals surface area contributed by atoms with Crippen LogP contribution in [0.15, 0.2) is 0 Å². The summed E-state index contributed by atoms with van der Waals surface area (Å²) in [5.74, 6) is -0.264. The zero-order chi connectivity index (χ0) is 9.40. The Labute approximate surface area is 88.5 Å². The van der Waals surface area contributed by atoms with Crippen molar-refractivity contribution in [3.8, 4) is 0 Å². The number of rotatable bonds is 6. The summed E-state index contributed by atoms with van der Waals surface area (Å²) in [7, 11) is 4.00. The number of alkyl halides is 1. The Morgan fingerprint density at radius 1 is 1.42 bits per heavy atom. The topological polar surface area (TPSA) is 35.5 Å². The smallest absolute Gasteiger partial charge is 0.332 e. The molecule has 0 unspecified atom stereocenters. The molecular formula is C6H13B2IO3. The summed E-state index contributed by atoms with van der Waals surface area (Å²) < 4.78 is 10.5. The van der Waals surface area contributed by atoms with Gasteiger partial charge in [-0.1, -0.05) is 22.6 Å². The highest BCUT2D eigenvalue weighted by atomic mass is 127. The minimum atomic E-state index is -0.264. The molecule has 0 saturated heterocycles. The van der Waals surface area contributed by atoms with Gasteiger partial charge in [-0.25, -0.2) is 4.79 Å². The summed E-state index contributed by atoms with van der Waals surface area (Å²) >= 11 is 2.04. The lowest BCUT2D eigenvalue weighted by Crippen LogP contribution is -2.20. The lowest BCUT2D eigenvalue weighted by atomic mass is 9.89. The molecule has 0 heterocycles. The zero-order valence-corrected chi connectivity index (χ0v) is 9.67. The first-order chi connectivity index (χ1) is 5.74. The van der Waals surface area contributed by atoms with Crippen molar-refractivity contribution < 1.29 is 14.3 Å². The normalized spacial score (nSPS) is 10.2. The Balaban J connectivity index is 3.52. The van der Waals surface area contributed by atoms with Gasteiger partial charge in [-0.2, -0.15) is 0 Å². The fraction of sp³-hybridized carbons (Fsp3) is 0.833. The fourth-order valence-electron chi connectivity index (χ4n) is 0.797. The van der Waals surface area contributed by atoms with Crippen LogP contribution in [0.4, 0.5) is 0 Å². The number of hydrogen-bond acceptors (Lipinski definition) is 3. The molecule has 0 N–H and O–H groups in total. The largest absolute Gasteiger partial charge is 0.462 e. The highest BCUT2D eigenvalue weighted by Crippen LogP contribution is 2.01.